The molecule has 0 saturated carbocycles. The summed E-state index contributed by atoms with van der Waals surface area (Å²) in [6.07, 6.45) is 7.96. The van der Waals surface area contributed by atoms with Crippen LogP contribution >= 0.6 is 0 Å². The molecule has 0 saturated heterocycles. The van der Waals surface area contributed by atoms with Gasteiger partial charge in [-0.3, -0.25) is 9.59 Å². The van der Waals surface area contributed by atoms with E-state index in [9.17, 15) is 19.5 Å². The molecular formula is C32H55N3O5. The monoisotopic (exact) mass is 561 g/mol. The van der Waals surface area contributed by atoms with Crippen molar-refractivity contribution in [3.63, 3.8) is 0 Å². The van der Waals surface area contributed by atoms with Crippen LogP contribution in [-0.4, -0.2) is 52.6 Å². The van der Waals surface area contributed by atoms with E-state index in [2.05, 4.69) is 24.5 Å². The number of alkyl carbamates (subject to hydrolysis) is 1. The molecule has 1 aromatic rings. The molecule has 8 heteroatoms. The van der Waals surface area contributed by atoms with Gasteiger partial charge < -0.3 is 25.4 Å². The lowest BCUT2D eigenvalue weighted by molar-refractivity contribution is -0.143. The second kappa shape index (κ2) is 17.8. The Bertz CT molecular complexity index is 928. The number of aryl methyl sites for hydroxylation is 1. The number of phenolic OH excluding ortho intramolecular Hbond substituents is 1. The van der Waals surface area contributed by atoms with Gasteiger partial charge in [-0.15, -0.1) is 0 Å². The lowest BCUT2D eigenvalue weighted by Gasteiger charge is -2.36. The molecule has 40 heavy (non-hydrogen) atoms. The third-order valence-electron chi connectivity index (χ3n) is 7.11. The molecule has 0 fully saturated rings. The van der Waals surface area contributed by atoms with Gasteiger partial charge in [0.25, 0.3) is 0 Å². The number of ether oxygens (including phenoxy) is 1. The van der Waals surface area contributed by atoms with Gasteiger partial charge in [0.15, 0.2) is 0 Å². The molecule has 0 radical (unpaired) electrons. The minimum atomic E-state index is -0.897. The quantitative estimate of drug-likeness (QED) is 0.182. The molecule has 0 bridgehead atoms. The molecule has 0 spiro atoms. The second-order valence-electron chi connectivity index (χ2n) is 11.9. The molecule has 8 nitrogen and oxygen atoms in total. The summed E-state index contributed by atoms with van der Waals surface area (Å²) in [5.41, 5.74) is 0.543. The summed E-state index contributed by atoms with van der Waals surface area (Å²) in [6.45, 7) is 16.1. The predicted molar refractivity (Wildman–Crippen MR) is 161 cm³/mol. The Hall–Kier alpha value is -2.77. The fraction of sp³-hybridized carbons (Fsp3) is 0.719. The molecule has 0 aliphatic rings. The molecule has 0 aliphatic heterocycles. The standard InChI is InChI=1S/C32H55N3O5/c1-9-12-14-15-16-17-21-35(30(38)27(23(4)11-3)34-31(39)40-32(6,7)8)28(29(37)33-20-13-10-2)25-18-19-26(36)24(5)22-25/h18-19,22-23,27-28,36H,9-17,20-21H2,1-8H3,(H,33,37)(H,34,39). The van der Waals surface area contributed by atoms with Gasteiger partial charge in [-0.25, -0.2) is 4.79 Å². The first-order chi connectivity index (χ1) is 18.9. The molecule has 1 aromatic carbocycles. The number of carbonyl (C=O) groups is 3. The van der Waals surface area contributed by atoms with E-state index >= 15 is 0 Å². The summed E-state index contributed by atoms with van der Waals surface area (Å²) in [7, 11) is 0. The maximum atomic E-state index is 14.3. The molecule has 3 unspecified atom stereocenters. The Labute approximate surface area is 242 Å². The summed E-state index contributed by atoms with van der Waals surface area (Å²) in [5, 5.41) is 16.0. The summed E-state index contributed by atoms with van der Waals surface area (Å²) >= 11 is 0. The van der Waals surface area contributed by atoms with Gasteiger partial charge in [0.1, 0.15) is 23.4 Å². The zero-order chi connectivity index (χ0) is 30.3. The summed E-state index contributed by atoms with van der Waals surface area (Å²) in [6, 6.07) is 3.28. The van der Waals surface area contributed by atoms with Crippen LogP contribution in [0, 0.1) is 12.8 Å². The Morgan fingerprint density at radius 2 is 1.60 bits per heavy atom. The molecule has 3 N–H and O–H groups in total. The van der Waals surface area contributed by atoms with Crippen molar-refractivity contribution in [2.45, 2.75) is 131 Å². The van der Waals surface area contributed by atoms with Crippen LogP contribution < -0.4 is 10.6 Å². The summed E-state index contributed by atoms with van der Waals surface area (Å²) in [4.78, 5) is 42.5. The minimum absolute atomic E-state index is 0.131. The number of carbonyl (C=O) groups excluding carboxylic acids is 3. The first-order valence-electron chi connectivity index (χ1n) is 15.2. The number of benzene rings is 1. The number of rotatable bonds is 17. The normalized spacial score (nSPS) is 13.7. The van der Waals surface area contributed by atoms with Crippen LogP contribution in [0.3, 0.4) is 0 Å². The van der Waals surface area contributed by atoms with Gasteiger partial charge in [-0.1, -0.05) is 78.7 Å². The maximum Gasteiger partial charge on any atom is 0.408 e. The van der Waals surface area contributed by atoms with Crippen molar-refractivity contribution in [2.24, 2.45) is 5.92 Å². The first kappa shape index (κ1) is 35.3. The van der Waals surface area contributed by atoms with Gasteiger partial charge in [-0.2, -0.15) is 0 Å². The number of unbranched alkanes of at least 4 members (excludes halogenated alkanes) is 6. The number of phenols is 1. The van der Waals surface area contributed by atoms with Gasteiger partial charge in [-0.05, 0) is 69.7 Å². The Kier molecular flexibility index (Phi) is 15.7. The Balaban J connectivity index is 3.49. The topological polar surface area (TPSA) is 108 Å². The average Bonchev–Trinajstić information content (AvgIpc) is 2.88. The number of hydrogen-bond donors (Lipinski definition) is 3. The lowest BCUT2D eigenvalue weighted by Crippen LogP contribution is -2.55. The number of nitrogens with zero attached hydrogens (tertiary/aromatic N) is 1. The van der Waals surface area contributed by atoms with E-state index in [0.717, 1.165) is 44.9 Å². The second-order valence-corrected chi connectivity index (χ2v) is 11.9. The van der Waals surface area contributed by atoms with E-state index < -0.39 is 23.8 Å². The van der Waals surface area contributed by atoms with Gasteiger partial charge >= 0.3 is 6.09 Å². The zero-order valence-corrected chi connectivity index (χ0v) is 26.3. The van der Waals surface area contributed by atoms with Crippen molar-refractivity contribution in [1.82, 2.24) is 15.5 Å². The minimum Gasteiger partial charge on any atom is -0.508 e. The van der Waals surface area contributed by atoms with Crippen molar-refractivity contribution in [3.05, 3.63) is 29.3 Å². The zero-order valence-electron chi connectivity index (χ0n) is 26.3. The van der Waals surface area contributed by atoms with E-state index in [4.69, 9.17) is 4.74 Å². The lowest BCUT2D eigenvalue weighted by atomic mass is 9.95. The van der Waals surface area contributed by atoms with Crippen LogP contribution in [0.15, 0.2) is 18.2 Å². The molecule has 0 heterocycles. The van der Waals surface area contributed by atoms with E-state index in [1.165, 1.54) is 6.42 Å². The van der Waals surface area contributed by atoms with Crippen LogP contribution in [0.5, 0.6) is 5.75 Å². The highest BCUT2D eigenvalue weighted by molar-refractivity contribution is 5.92. The Morgan fingerprint density at radius 1 is 0.975 bits per heavy atom. The van der Waals surface area contributed by atoms with Crippen LogP contribution in [0.1, 0.15) is 123 Å². The molecule has 3 amide bonds. The van der Waals surface area contributed by atoms with Crippen molar-refractivity contribution >= 4 is 17.9 Å². The van der Waals surface area contributed by atoms with Crippen LogP contribution in [0.2, 0.25) is 0 Å². The first-order valence-corrected chi connectivity index (χ1v) is 15.2. The largest absolute Gasteiger partial charge is 0.508 e. The third kappa shape index (κ3) is 12.2. The van der Waals surface area contributed by atoms with E-state index in [1.54, 1.807) is 50.8 Å². The summed E-state index contributed by atoms with van der Waals surface area (Å²) < 4.78 is 5.49. The van der Waals surface area contributed by atoms with E-state index in [0.29, 0.717) is 30.6 Å². The smallest absolute Gasteiger partial charge is 0.408 e. The highest BCUT2D eigenvalue weighted by atomic mass is 16.6. The highest BCUT2D eigenvalue weighted by Gasteiger charge is 2.38. The van der Waals surface area contributed by atoms with Gasteiger partial charge in [0.05, 0.1) is 0 Å². The van der Waals surface area contributed by atoms with Gasteiger partial charge in [0.2, 0.25) is 11.8 Å². The van der Waals surface area contributed by atoms with Crippen LogP contribution in [0.4, 0.5) is 4.79 Å². The molecule has 3 atom stereocenters. The molecule has 0 aliphatic carbocycles. The molecule has 0 aromatic heterocycles. The van der Waals surface area contributed by atoms with Crippen molar-refractivity contribution < 1.29 is 24.2 Å². The molecule has 1 rings (SSSR count). The van der Waals surface area contributed by atoms with Crippen molar-refractivity contribution in [3.8, 4) is 5.75 Å². The van der Waals surface area contributed by atoms with Crippen LogP contribution in [0.25, 0.3) is 0 Å². The van der Waals surface area contributed by atoms with Crippen molar-refractivity contribution in [2.75, 3.05) is 13.1 Å². The third-order valence-corrected chi connectivity index (χ3v) is 7.11. The van der Waals surface area contributed by atoms with Gasteiger partial charge in [0, 0.05) is 13.1 Å². The maximum absolute atomic E-state index is 14.3. The fourth-order valence-electron chi connectivity index (χ4n) is 4.53. The van der Waals surface area contributed by atoms with Crippen LogP contribution in [-0.2, 0) is 14.3 Å². The number of nitrogens with one attached hydrogen (secondary N) is 2. The van der Waals surface area contributed by atoms with E-state index in [1.807, 2.05) is 13.8 Å². The number of aromatic hydroxyl groups is 1. The molecule has 228 valence electrons. The molecular weight excluding hydrogens is 506 g/mol. The Morgan fingerprint density at radius 3 is 2.17 bits per heavy atom. The fourth-order valence-corrected chi connectivity index (χ4v) is 4.53. The highest BCUT2D eigenvalue weighted by Crippen LogP contribution is 2.29. The predicted octanol–water partition coefficient (Wildman–Crippen LogP) is 6.79. The number of hydrogen-bond acceptors (Lipinski definition) is 5. The van der Waals surface area contributed by atoms with Crippen molar-refractivity contribution in [1.29, 1.82) is 0 Å². The van der Waals surface area contributed by atoms with E-state index in [-0.39, 0.29) is 23.5 Å². The average molecular weight is 562 g/mol. The number of amides is 3. The SMILES string of the molecule is CCCCCCCCN(C(=O)C(NC(=O)OC(C)(C)C)C(C)CC)C(C(=O)NCCCC)c1ccc(O)c(C)c1. The summed E-state index contributed by atoms with van der Waals surface area (Å²) in [5.74, 6) is -0.627.